The van der Waals surface area contributed by atoms with E-state index < -0.39 is 0 Å². The third-order valence-corrected chi connectivity index (χ3v) is 6.82. The number of hydrogen-bond acceptors (Lipinski definition) is 6. The van der Waals surface area contributed by atoms with Gasteiger partial charge in [-0.2, -0.15) is 0 Å². The Bertz CT molecular complexity index is 1440. The smallest absolute Gasteiger partial charge is 0.312 e. The Balaban J connectivity index is 1.76. The maximum Gasteiger partial charge on any atom is 0.312 e. The van der Waals surface area contributed by atoms with Crippen molar-refractivity contribution in [1.29, 1.82) is 0 Å². The second-order valence-corrected chi connectivity index (χ2v) is 8.80. The zero-order valence-electron chi connectivity index (χ0n) is 18.5. The molecule has 33 heavy (non-hydrogen) atoms. The zero-order valence-corrected chi connectivity index (χ0v) is 19.3. The highest BCUT2D eigenvalue weighted by Gasteiger charge is 2.32. The summed E-state index contributed by atoms with van der Waals surface area (Å²) in [5.41, 5.74) is 3.17. The van der Waals surface area contributed by atoms with Crippen molar-refractivity contribution in [3.05, 3.63) is 87.8 Å². The van der Waals surface area contributed by atoms with Crippen molar-refractivity contribution < 1.29 is 18.7 Å². The zero-order chi connectivity index (χ0) is 23.1. The van der Waals surface area contributed by atoms with E-state index in [2.05, 4.69) is 0 Å². The summed E-state index contributed by atoms with van der Waals surface area (Å²) in [6.07, 6.45) is 2.20. The Morgan fingerprint density at radius 3 is 2.48 bits per heavy atom. The van der Waals surface area contributed by atoms with Gasteiger partial charge in [-0.15, -0.1) is 11.8 Å². The van der Waals surface area contributed by atoms with E-state index >= 15 is 0 Å². The van der Waals surface area contributed by atoms with E-state index in [0.29, 0.717) is 39.4 Å². The molecule has 0 N–H and O–H groups in total. The predicted molar refractivity (Wildman–Crippen MR) is 130 cm³/mol. The molecule has 1 aliphatic heterocycles. The number of fused-ring (bicyclic) bond motifs is 3. The highest BCUT2D eigenvalue weighted by atomic mass is 32.2. The third-order valence-electron chi connectivity index (χ3n) is 6.07. The van der Waals surface area contributed by atoms with E-state index in [1.165, 1.54) is 0 Å². The number of esters is 1. The van der Waals surface area contributed by atoms with Crippen molar-refractivity contribution in [3.63, 3.8) is 0 Å². The van der Waals surface area contributed by atoms with Gasteiger partial charge >= 0.3 is 5.97 Å². The van der Waals surface area contributed by atoms with Crippen LogP contribution < -0.4 is 14.9 Å². The summed E-state index contributed by atoms with van der Waals surface area (Å²) in [6.45, 7) is 1.78. The number of hydrogen-bond donors (Lipinski definition) is 0. The minimum atomic E-state index is -0.300. The van der Waals surface area contributed by atoms with E-state index in [9.17, 15) is 9.59 Å². The molecule has 0 spiro atoms. The van der Waals surface area contributed by atoms with Crippen LogP contribution in [0.3, 0.4) is 0 Å². The van der Waals surface area contributed by atoms with Crippen LogP contribution in [0.25, 0.3) is 22.1 Å². The fraction of sp³-hybridized carbons (Fsp3) is 0.185. The molecule has 2 heterocycles. The first kappa shape index (κ1) is 21.3. The number of ether oxygens (including phenoxy) is 2. The molecule has 5 rings (SSSR count). The normalized spacial score (nSPS) is 15.2. The van der Waals surface area contributed by atoms with Gasteiger partial charge in [-0.3, -0.25) is 9.59 Å². The Labute approximate surface area is 195 Å². The molecule has 1 aromatic heterocycles. The molecule has 4 aromatic rings. The van der Waals surface area contributed by atoms with Crippen LogP contribution in [0.5, 0.6) is 11.5 Å². The second-order valence-electron chi connectivity index (χ2n) is 7.92. The number of thioether (sulfide) groups is 1. The lowest BCUT2D eigenvalue weighted by molar-refractivity contribution is -0.135. The van der Waals surface area contributed by atoms with Crippen molar-refractivity contribution in [2.24, 2.45) is 0 Å². The highest BCUT2D eigenvalue weighted by molar-refractivity contribution is 7.98. The van der Waals surface area contributed by atoms with E-state index in [1.807, 2.05) is 54.8 Å². The maximum absolute atomic E-state index is 13.7. The summed E-state index contributed by atoms with van der Waals surface area (Å²) in [7, 11) is 1.58. The number of benzene rings is 3. The SMILES string of the molecule is COc1ccccc1-c1c(C)oc2c3c(ccc2c1=O)OC(=O)CC3c1ccc(SC)cc1. The fourth-order valence-electron chi connectivity index (χ4n) is 4.50. The van der Waals surface area contributed by atoms with Crippen LogP contribution >= 0.6 is 11.8 Å². The molecule has 0 amide bonds. The summed E-state index contributed by atoms with van der Waals surface area (Å²) in [5.74, 6) is 0.959. The van der Waals surface area contributed by atoms with Gasteiger partial charge < -0.3 is 13.9 Å². The predicted octanol–water partition coefficient (Wildman–Crippen LogP) is 5.94. The Kier molecular flexibility index (Phi) is 5.46. The number of carbonyl (C=O) groups excluding carboxylic acids is 1. The topological polar surface area (TPSA) is 65.7 Å². The number of rotatable bonds is 4. The van der Waals surface area contributed by atoms with Gasteiger partial charge in [-0.05, 0) is 49.1 Å². The monoisotopic (exact) mass is 458 g/mol. The minimum absolute atomic E-state index is 0.144. The molecule has 0 saturated carbocycles. The standard InChI is InChI=1S/C27H22O5S/c1-15-24(18-6-4-5-7-21(18)30-2)26(29)19-12-13-22-25(27(19)31-15)20(14-23(28)32-22)16-8-10-17(33-3)11-9-16/h4-13,20H,14H2,1-3H3. The Morgan fingerprint density at radius 2 is 1.76 bits per heavy atom. The Hall–Kier alpha value is -3.51. The summed E-state index contributed by atoms with van der Waals surface area (Å²) in [4.78, 5) is 27.2. The van der Waals surface area contributed by atoms with Crippen molar-refractivity contribution >= 4 is 28.7 Å². The van der Waals surface area contributed by atoms with Gasteiger partial charge in [-0.25, -0.2) is 0 Å². The molecule has 0 radical (unpaired) electrons. The summed E-state index contributed by atoms with van der Waals surface area (Å²) >= 11 is 1.66. The van der Waals surface area contributed by atoms with Crippen LogP contribution in [0, 0.1) is 6.92 Å². The average molecular weight is 459 g/mol. The lowest BCUT2D eigenvalue weighted by Crippen LogP contribution is -2.22. The molecule has 0 fully saturated rings. The van der Waals surface area contributed by atoms with Crippen molar-refractivity contribution in [2.45, 2.75) is 24.2 Å². The number of aryl methyl sites for hydroxylation is 1. The van der Waals surface area contributed by atoms with Crippen LogP contribution in [-0.4, -0.2) is 19.3 Å². The molecule has 5 nitrogen and oxygen atoms in total. The molecule has 0 aliphatic carbocycles. The molecule has 0 bridgehead atoms. The maximum atomic E-state index is 13.7. The quantitative estimate of drug-likeness (QED) is 0.214. The number of methoxy groups -OCH3 is 1. The molecule has 1 atom stereocenters. The minimum Gasteiger partial charge on any atom is -0.496 e. The Morgan fingerprint density at radius 1 is 1.00 bits per heavy atom. The van der Waals surface area contributed by atoms with Crippen LogP contribution in [0.1, 0.15) is 29.2 Å². The second kappa shape index (κ2) is 8.45. The molecular formula is C27H22O5S. The number of carbonyl (C=O) groups is 1. The number of para-hydroxylation sites is 1. The summed E-state index contributed by atoms with van der Waals surface area (Å²) < 4.78 is 17.3. The van der Waals surface area contributed by atoms with Crippen molar-refractivity contribution in [3.8, 4) is 22.6 Å². The first-order valence-corrected chi connectivity index (χ1v) is 11.8. The average Bonchev–Trinajstić information content (AvgIpc) is 2.83. The van der Waals surface area contributed by atoms with Gasteiger partial charge in [-0.1, -0.05) is 30.3 Å². The van der Waals surface area contributed by atoms with Gasteiger partial charge in [0.05, 0.1) is 24.5 Å². The molecule has 0 saturated heterocycles. The van der Waals surface area contributed by atoms with Crippen LogP contribution in [-0.2, 0) is 4.79 Å². The first-order valence-electron chi connectivity index (χ1n) is 10.6. The van der Waals surface area contributed by atoms with E-state index in [-0.39, 0.29) is 23.7 Å². The lowest BCUT2D eigenvalue weighted by Gasteiger charge is -2.26. The molecular weight excluding hydrogens is 436 g/mol. The summed E-state index contributed by atoms with van der Waals surface area (Å²) in [5, 5.41) is 0.448. The summed E-state index contributed by atoms with van der Waals surface area (Å²) in [6, 6.07) is 18.9. The van der Waals surface area contributed by atoms with Gasteiger partial charge in [0.1, 0.15) is 22.8 Å². The molecule has 166 valence electrons. The lowest BCUT2D eigenvalue weighted by atomic mass is 9.85. The molecule has 1 aliphatic rings. The van der Waals surface area contributed by atoms with Crippen LogP contribution in [0.2, 0.25) is 0 Å². The molecule has 1 unspecified atom stereocenters. The van der Waals surface area contributed by atoms with Crippen LogP contribution in [0.15, 0.2) is 74.8 Å². The fourth-order valence-corrected chi connectivity index (χ4v) is 4.91. The van der Waals surface area contributed by atoms with Crippen molar-refractivity contribution in [2.75, 3.05) is 13.4 Å². The third kappa shape index (κ3) is 3.60. The highest BCUT2D eigenvalue weighted by Crippen LogP contribution is 2.44. The van der Waals surface area contributed by atoms with Crippen molar-refractivity contribution in [1.82, 2.24) is 0 Å². The van der Waals surface area contributed by atoms with Crippen LogP contribution in [0.4, 0.5) is 0 Å². The molecule has 6 heteroatoms. The van der Waals surface area contributed by atoms with Gasteiger partial charge in [0.2, 0.25) is 5.43 Å². The van der Waals surface area contributed by atoms with E-state index in [4.69, 9.17) is 13.9 Å². The molecule has 3 aromatic carbocycles. The van der Waals surface area contributed by atoms with Gasteiger partial charge in [0.25, 0.3) is 0 Å². The van der Waals surface area contributed by atoms with E-state index in [1.54, 1.807) is 37.9 Å². The van der Waals surface area contributed by atoms with Gasteiger partial charge in [0, 0.05) is 21.9 Å². The van der Waals surface area contributed by atoms with E-state index in [0.717, 1.165) is 16.0 Å². The van der Waals surface area contributed by atoms with Gasteiger partial charge in [0.15, 0.2) is 0 Å². The first-order chi connectivity index (χ1) is 16.0. The largest absolute Gasteiger partial charge is 0.496 e.